The molecule has 4 aromatic rings. The Morgan fingerprint density at radius 2 is 1.58 bits per heavy atom. The van der Waals surface area contributed by atoms with Gasteiger partial charge in [-0.25, -0.2) is 9.97 Å². The third-order valence-corrected chi connectivity index (χ3v) is 5.17. The largest absolute Gasteiger partial charge is 0.494 e. The number of nitrogens with two attached hydrogens (primary N) is 2. The molecule has 4 rings (SSSR count). The predicted octanol–water partition coefficient (Wildman–Crippen LogP) is 4.59. The number of rotatable bonds is 8. The molecular formula is C25H26N4O4. The van der Waals surface area contributed by atoms with Gasteiger partial charge in [-0.15, -0.1) is 0 Å². The van der Waals surface area contributed by atoms with E-state index in [-0.39, 0.29) is 0 Å². The first-order valence-corrected chi connectivity index (χ1v) is 10.5. The first kappa shape index (κ1) is 22.0. The van der Waals surface area contributed by atoms with E-state index < -0.39 is 0 Å². The number of fused-ring (bicyclic) bond motifs is 1. The number of pyridine rings is 2. The molecule has 0 fully saturated rings. The lowest BCUT2D eigenvalue weighted by molar-refractivity contribution is 0.340. The van der Waals surface area contributed by atoms with Crippen molar-refractivity contribution >= 4 is 22.5 Å². The van der Waals surface area contributed by atoms with Gasteiger partial charge in [0, 0.05) is 23.4 Å². The maximum absolute atomic E-state index is 6.43. The van der Waals surface area contributed by atoms with Crippen LogP contribution >= 0.6 is 0 Å². The van der Waals surface area contributed by atoms with Gasteiger partial charge in [0.05, 0.1) is 32.5 Å². The average molecular weight is 447 g/mol. The molecule has 8 nitrogen and oxygen atoms in total. The normalized spacial score (nSPS) is 10.8. The van der Waals surface area contributed by atoms with Crippen molar-refractivity contribution in [2.24, 2.45) is 0 Å². The van der Waals surface area contributed by atoms with E-state index in [1.807, 2.05) is 37.3 Å². The second kappa shape index (κ2) is 9.52. The molecular weight excluding hydrogens is 420 g/mol. The summed E-state index contributed by atoms with van der Waals surface area (Å²) in [6.07, 6.45) is 2.08. The highest BCUT2D eigenvalue weighted by atomic mass is 16.5. The SMILES string of the molecule is CCOc1ccc(Cc2c(N)nc3cc(OC)c(OC)cc3c2Oc2ccc(N)nc2)cc1. The summed E-state index contributed by atoms with van der Waals surface area (Å²) in [5.74, 6) is 3.79. The molecule has 0 spiro atoms. The van der Waals surface area contributed by atoms with Gasteiger partial charge in [0.2, 0.25) is 0 Å². The van der Waals surface area contributed by atoms with Gasteiger partial charge in [-0.2, -0.15) is 0 Å². The van der Waals surface area contributed by atoms with Crippen molar-refractivity contribution < 1.29 is 18.9 Å². The fourth-order valence-electron chi connectivity index (χ4n) is 3.55. The second-order valence-electron chi connectivity index (χ2n) is 7.30. The van der Waals surface area contributed by atoms with Crippen LogP contribution in [0.1, 0.15) is 18.1 Å². The van der Waals surface area contributed by atoms with Crippen LogP contribution in [0, 0.1) is 0 Å². The molecule has 2 heterocycles. The molecule has 0 amide bonds. The van der Waals surface area contributed by atoms with E-state index in [2.05, 4.69) is 9.97 Å². The van der Waals surface area contributed by atoms with E-state index in [9.17, 15) is 0 Å². The molecule has 0 aliphatic carbocycles. The summed E-state index contributed by atoms with van der Waals surface area (Å²) in [7, 11) is 3.16. The first-order chi connectivity index (χ1) is 16.0. The van der Waals surface area contributed by atoms with Gasteiger partial charge in [-0.1, -0.05) is 12.1 Å². The van der Waals surface area contributed by atoms with Gasteiger partial charge in [0.25, 0.3) is 0 Å². The highest BCUT2D eigenvalue weighted by Gasteiger charge is 2.19. The molecule has 0 aliphatic rings. The zero-order valence-electron chi connectivity index (χ0n) is 18.8. The zero-order chi connectivity index (χ0) is 23.4. The fourth-order valence-corrected chi connectivity index (χ4v) is 3.55. The molecule has 0 atom stereocenters. The number of methoxy groups -OCH3 is 2. The maximum atomic E-state index is 6.43. The fraction of sp³-hybridized carbons (Fsp3) is 0.200. The lowest BCUT2D eigenvalue weighted by Crippen LogP contribution is -2.04. The van der Waals surface area contributed by atoms with E-state index in [0.717, 1.165) is 22.3 Å². The number of nitrogens with zero attached hydrogens (tertiary/aromatic N) is 2. The number of aromatic nitrogens is 2. The minimum atomic E-state index is 0.363. The van der Waals surface area contributed by atoms with Crippen LogP contribution < -0.4 is 30.4 Å². The Balaban J connectivity index is 1.85. The number of hydrogen-bond acceptors (Lipinski definition) is 8. The van der Waals surface area contributed by atoms with Gasteiger partial charge in [-0.05, 0) is 42.8 Å². The van der Waals surface area contributed by atoms with Crippen LogP contribution in [-0.4, -0.2) is 30.8 Å². The van der Waals surface area contributed by atoms with Crippen LogP contribution in [0.2, 0.25) is 0 Å². The lowest BCUT2D eigenvalue weighted by atomic mass is 10.0. The van der Waals surface area contributed by atoms with Crippen molar-refractivity contribution in [2.75, 3.05) is 32.3 Å². The minimum Gasteiger partial charge on any atom is -0.494 e. The summed E-state index contributed by atoms with van der Waals surface area (Å²) in [5.41, 5.74) is 14.6. The lowest BCUT2D eigenvalue weighted by Gasteiger charge is -2.18. The van der Waals surface area contributed by atoms with Crippen molar-refractivity contribution in [2.45, 2.75) is 13.3 Å². The van der Waals surface area contributed by atoms with Gasteiger partial charge >= 0.3 is 0 Å². The Morgan fingerprint density at radius 1 is 0.879 bits per heavy atom. The number of benzene rings is 2. The summed E-state index contributed by atoms with van der Waals surface area (Å²) in [4.78, 5) is 8.75. The summed E-state index contributed by atoms with van der Waals surface area (Å²) in [6.45, 7) is 2.56. The van der Waals surface area contributed by atoms with E-state index in [0.29, 0.717) is 53.2 Å². The van der Waals surface area contributed by atoms with Gasteiger partial charge in [0.1, 0.15) is 28.9 Å². The van der Waals surface area contributed by atoms with E-state index in [4.69, 9.17) is 30.4 Å². The molecule has 170 valence electrons. The van der Waals surface area contributed by atoms with E-state index in [1.54, 1.807) is 38.6 Å². The highest BCUT2D eigenvalue weighted by molar-refractivity contribution is 5.92. The van der Waals surface area contributed by atoms with Crippen molar-refractivity contribution in [3.8, 4) is 28.7 Å². The van der Waals surface area contributed by atoms with Gasteiger partial charge in [0.15, 0.2) is 11.5 Å². The predicted molar refractivity (Wildman–Crippen MR) is 128 cm³/mol. The third-order valence-electron chi connectivity index (χ3n) is 5.17. The van der Waals surface area contributed by atoms with Gasteiger partial charge < -0.3 is 30.4 Å². The van der Waals surface area contributed by atoms with Crippen LogP contribution in [0.15, 0.2) is 54.7 Å². The smallest absolute Gasteiger partial charge is 0.162 e. The highest BCUT2D eigenvalue weighted by Crippen LogP contribution is 2.41. The summed E-state index contributed by atoms with van der Waals surface area (Å²) < 4.78 is 22.8. The van der Waals surface area contributed by atoms with Crippen LogP contribution in [0.4, 0.5) is 11.6 Å². The molecule has 2 aromatic heterocycles. The monoisotopic (exact) mass is 446 g/mol. The molecule has 33 heavy (non-hydrogen) atoms. The Labute approximate surface area is 192 Å². The number of nitrogen functional groups attached to an aromatic ring is 2. The molecule has 0 unspecified atom stereocenters. The van der Waals surface area contributed by atoms with E-state index in [1.165, 1.54) is 0 Å². The van der Waals surface area contributed by atoms with Crippen molar-refractivity contribution in [1.29, 1.82) is 0 Å². The average Bonchev–Trinajstić information content (AvgIpc) is 2.83. The van der Waals surface area contributed by atoms with Crippen molar-refractivity contribution in [3.05, 3.63) is 65.9 Å². The zero-order valence-corrected chi connectivity index (χ0v) is 18.8. The number of anilines is 2. The quantitative estimate of drug-likeness (QED) is 0.404. The topological polar surface area (TPSA) is 115 Å². The van der Waals surface area contributed by atoms with Crippen LogP contribution in [0.25, 0.3) is 10.9 Å². The molecule has 0 radical (unpaired) electrons. The first-order valence-electron chi connectivity index (χ1n) is 10.5. The standard InChI is InChI=1S/C25H26N4O4/c1-4-32-16-7-5-15(6-8-16)11-19-24(33-17-9-10-23(26)28-14-17)18-12-21(30-2)22(31-3)13-20(18)29-25(19)27/h5-10,12-14H,4,11H2,1-3H3,(H2,26,28)(H2,27,29). The third kappa shape index (κ3) is 4.69. The Morgan fingerprint density at radius 3 is 2.21 bits per heavy atom. The Kier molecular flexibility index (Phi) is 6.35. The van der Waals surface area contributed by atoms with Crippen LogP contribution in [0.5, 0.6) is 28.7 Å². The molecule has 0 aliphatic heterocycles. The Hall–Kier alpha value is -4.20. The molecule has 0 saturated heterocycles. The second-order valence-corrected chi connectivity index (χ2v) is 7.30. The van der Waals surface area contributed by atoms with Crippen LogP contribution in [-0.2, 0) is 6.42 Å². The van der Waals surface area contributed by atoms with Crippen molar-refractivity contribution in [1.82, 2.24) is 9.97 Å². The Bertz CT molecular complexity index is 1260. The van der Waals surface area contributed by atoms with Crippen LogP contribution in [0.3, 0.4) is 0 Å². The van der Waals surface area contributed by atoms with Gasteiger partial charge in [-0.3, -0.25) is 0 Å². The maximum Gasteiger partial charge on any atom is 0.162 e. The number of hydrogen-bond donors (Lipinski definition) is 2. The molecule has 2 aromatic carbocycles. The summed E-state index contributed by atoms with van der Waals surface area (Å²) in [6, 6.07) is 14.9. The summed E-state index contributed by atoms with van der Waals surface area (Å²) >= 11 is 0. The molecule has 0 saturated carbocycles. The number of ether oxygens (including phenoxy) is 4. The molecule has 0 bridgehead atoms. The minimum absolute atomic E-state index is 0.363. The summed E-state index contributed by atoms with van der Waals surface area (Å²) in [5, 5.41) is 0.736. The molecule has 4 N–H and O–H groups in total. The molecule has 8 heteroatoms. The van der Waals surface area contributed by atoms with Crippen molar-refractivity contribution in [3.63, 3.8) is 0 Å². The van der Waals surface area contributed by atoms with E-state index >= 15 is 0 Å².